The molecule has 0 saturated carbocycles. The Labute approximate surface area is 175 Å². The molecule has 6 nitrogen and oxygen atoms in total. The van der Waals surface area contributed by atoms with Gasteiger partial charge in [0, 0.05) is 32.8 Å². The van der Waals surface area contributed by atoms with Crippen molar-refractivity contribution in [1.29, 1.82) is 0 Å². The van der Waals surface area contributed by atoms with Crippen LogP contribution in [0, 0.1) is 0 Å². The lowest BCUT2D eigenvalue weighted by Crippen LogP contribution is -2.10. The van der Waals surface area contributed by atoms with Gasteiger partial charge in [0.15, 0.2) is 0 Å². The Hall–Kier alpha value is -2.93. The van der Waals surface area contributed by atoms with E-state index in [1.165, 1.54) is 6.07 Å². The maximum Gasteiger partial charge on any atom is 0.319 e. The van der Waals surface area contributed by atoms with E-state index in [1.54, 1.807) is 12.1 Å². The molecule has 0 radical (unpaired) electrons. The van der Waals surface area contributed by atoms with Gasteiger partial charge in [-0.2, -0.15) is 9.97 Å². The Morgan fingerprint density at radius 2 is 1.59 bits per heavy atom. The molecule has 4 aromatic rings. The summed E-state index contributed by atoms with van der Waals surface area (Å²) in [7, 11) is 0. The van der Waals surface area contributed by atoms with E-state index in [0.29, 0.717) is 37.8 Å². The fourth-order valence-electron chi connectivity index (χ4n) is 3.08. The molecule has 0 atom stereocenters. The van der Waals surface area contributed by atoms with E-state index in [0.717, 1.165) is 0 Å². The molecule has 0 aliphatic rings. The second-order valence-corrected chi connectivity index (χ2v) is 6.97. The van der Waals surface area contributed by atoms with Gasteiger partial charge in [0.2, 0.25) is 5.56 Å². The Balaban J connectivity index is 2.11. The largest absolute Gasteiger partial charge is 0.461 e. The van der Waals surface area contributed by atoms with Gasteiger partial charge in [0.05, 0.1) is 17.7 Å². The number of hydrogen-bond donors (Lipinski definition) is 2. The molecule has 29 heavy (non-hydrogen) atoms. The number of hydrogen-bond acceptors (Lipinski definition) is 5. The van der Waals surface area contributed by atoms with Crippen LogP contribution in [0.3, 0.4) is 0 Å². The Kier molecular flexibility index (Phi) is 5.49. The van der Waals surface area contributed by atoms with Crippen LogP contribution in [-0.2, 0) is 0 Å². The van der Waals surface area contributed by atoms with Gasteiger partial charge in [-0.05, 0) is 12.1 Å². The molecule has 8 heteroatoms. The molecule has 0 unspecified atom stereocenters. The van der Waals surface area contributed by atoms with E-state index in [9.17, 15) is 4.79 Å². The Morgan fingerprint density at radius 1 is 0.931 bits per heavy atom. The lowest BCUT2D eigenvalue weighted by Gasteiger charge is -2.14. The van der Waals surface area contributed by atoms with Gasteiger partial charge in [-0.25, -0.2) is 0 Å². The van der Waals surface area contributed by atoms with Crippen molar-refractivity contribution < 1.29 is 9.84 Å². The highest BCUT2D eigenvalue weighted by Gasteiger charge is 2.19. The fraction of sp³-hybridized carbons (Fsp3) is 0.0952. The first-order chi connectivity index (χ1) is 14.1. The number of rotatable bonds is 5. The third-order valence-corrected chi connectivity index (χ3v) is 4.95. The first kappa shape index (κ1) is 19.4. The van der Waals surface area contributed by atoms with E-state index in [-0.39, 0.29) is 30.4 Å². The number of aliphatic hydroxyl groups is 1. The second-order valence-electron chi connectivity index (χ2n) is 6.16. The molecular weight excluding hydrogens is 413 g/mol. The SMILES string of the molecule is O=c1cc(-c2ccccc2Cl)c2c(-c3ccccc3Cl)nc(OCCO)nc2[nH]1. The summed E-state index contributed by atoms with van der Waals surface area (Å²) in [6, 6.07) is 15.9. The molecule has 0 aliphatic heterocycles. The fourth-order valence-corrected chi connectivity index (χ4v) is 3.55. The molecular formula is C21H15Cl2N3O3. The van der Waals surface area contributed by atoms with Crippen LogP contribution >= 0.6 is 23.2 Å². The molecule has 0 bridgehead atoms. The van der Waals surface area contributed by atoms with E-state index < -0.39 is 0 Å². The first-order valence-electron chi connectivity index (χ1n) is 8.77. The van der Waals surface area contributed by atoms with Crippen molar-refractivity contribution >= 4 is 34.2 Å². The smallest absolute Gasteiger partial charge is 0.319 e. The maximum absolute atomic E-state index is 12.4. The number of nitrogens with one attached hydrogen (secondary N) is 1. The quantitative estimate of drug-likeness (QED) is 0.494. The average Bonchev–Trinajstić information content (AvgIpc) is 2.71. The minimum atomic E-state index is -0.343. The van der Waals surface area contributed by atoms with Crippen LogP contribution in [0.5, 0.6) is 6.01 Å². The van der Waals surface area contributed by atoms with Crippen molar-refractivity contribution in [2.24, 2.45) is 0 Å². The molecule has 0 aliphatic carbocycles. The number of fused-ring (bicyclic) bond motifs is 1. The molecule has 0 amide bonds. The summed E-state index contributed by atoms with van der Waals surface area (Å²) >= 11 is 12.8. The van der Waals surface area contributed by atoms with Gasteiger partial charge in [-0.15, -0.1) is 0 Å². The molecule has 146 valence electrons. The third-order valence-electron chi connectivity index (χ3n) is 4.29. The molecule has 2 aromatic heterocycles. The average molecular weight is 428 g/mol. The molecule has 2 aromatic carbocycles. The van der Waals surface area contributed by atoms with Crippen LogP contribution in [0.1, 0.15) is 0 Å². The van der Waals surface area contributed by atoms with Crippen LogP contribution in [0.2, 0.25) is 10.0 Å². The van der Waals surface area contributed by atoms with Gasteiger partial charge in [-0.1, -0.05) is 59.6 Å². The third kappa shape index (κ3) is 3.82. The van der Waals surface area contributed by atoms with Crippen LogP contribution in [-0.4, -0.2) is 33.3 Å². The summed E-state index contributed by atoms with van der Waals surface area (Å²) in [6.45, 7) is -0.180. The highest BCUT2D eigenvalue weighted by atomic mass is 35.5. The van der Waals surface area contributed by atoms with Crippen LogP contribution in [0.25, 0.3) is 33.4 Å². The second kappa shape index (κ2) is 8.21. The molecule has 2 heterocycles. The number of ether oxygens (including phenoxy) is 1. The van der Waals surface area contributed by atoms with E-state index in [4.69, 9.17) is 33.0 Å². The highest BCUT2D eigenvalue weighted by molar-refractivity contribution is 6.34. The lowest BCUT2D eigenvalue weighted by molar-refractivity contribution is 0.192. The van der Waals surface area contributed by atoms with Crippen LogP contribution in [0.4, 0.5) is 0 Å². The van der Waals surface area contributed by atoms with Crippen molar-refractivity contribution in [3.63, 3.8) is 0 Å². The van der Waals surface area contributed by atoms with Crippen molar-refractivity contribution in [2.45, 2.75) is 0 Å². The number of H-pyrrole nitrogens is 1. The molecule has 0 spiro atoms. The van der Waals surface area contributed by atoms with Gasteiger partial charge in [0.1, 0.15) is 12.3 Å². The summed E-state index contributed by atoms with van der Waals surface area (Å²) in [5.41, 5.74) is 2.33. The number of aromatic amines is 1. The minimum absolute atomic E-state index is 0.0158. The standard InChI is InChI=1S/C21H15Cl2N3O3/c22-15-7-3-1-5-12(15)14-11-17(28)24-20-18(14)19(13-6-2-4-8-16(13)23)25-21(26-20)29-10-9-27/h1-8,11,27H,9-10H2,(H,24,25,26,28). The first-order valence-corrected chi connectivity index (χ1v) is 9.52. The zero-order chi connectivity index (χ0) is 20.4. The van der Waals surface area contributed by atoms with Gasteiger partial charge in [0.25, 0.3) is 0 Å². The molecule has 0 fully saturated rings. The Bertz CT molecular complexity index is 1260. The van der Waals surface area contributed by atoms with Gasteiger partial charge < -0.3 is 14.8 Å². The van der Waals surface area contributed by atoms with E-state index in [1.807, 2.05) is 36.4 Å². The molecule has 2 N–H and O–H groups in total. The number of nitrogens with zero attached hydrogens (tertiary/aromatic N) is 2. The van der Waals surface area contributed by atoms with E-state index >= 15 is 0 Å². The van der Waals surface area contributed by atoms with Crippen molar-refractivity contribution in [1.82, 2.24) is 15.0 Å². The van der Waals surface area contributed by atoms with Gasteiger partial charge in [-0.3, -0.25) is 4.79 Å². The maximum atomic E-state index is 12.4. The highest BCUT2D eigenvalue weighted by Crippen LogP contribution is 2.38. The van der Waals surface area contributed by atoms with Crippen LogP contribution < -0.4 is 10.3 Å². The lowest BCUT2D eigenvalue weighted by atomic mass is 9.99. The predicted molar refractivity (Wildman–Crippen MR) is 114 cm³/mol. The number of halogens is 2. The predicted octanol–water partition coefficient (Wildman–Crippen LogP) is 4.33. The van der Waals surface area contributed by atoms with E-state index in [2.05, 4.69) is 15.0 Å². The summed E-state index contributed by atoms with van der Waals surface area (Å²) in [5, 5.41) is 10.6. The number of aliphatic hydroxyl groups excluding tert-OH is 1. The zero-order valence-electron chi connectivity index (χ0n) is 15.0. The zero-order valence-corrected chi connectivity index (χ0v) is 16.5. The number of aromatic nitrogens is 3. The van der Waals surface area contributed by atoms with Crippen molar-refractivity contribution in [2.75, 3.05) is 13.2 Å². The number of benzene rings is 2. The monoisotopic (exact) mass is 427 g/mol. The normalized spacial score (nSPS) is 11.0. The topological polar surface area (TPSA) is 88.1 Å². The summed E-state index contributed by atoms with van der Waals surface area (Å²) in [6.07, 6.45) is 0. The van der Waals surface area contributed by atoms with Gasteiger partial charge >= 0.3 is 6.01 Å². The minimum Gasteiger partial charge on any atom is -0.461 e. The summed E-state index contributed by atoms with van der Waals surface area (Å²) < 4.78 is 5.41. The molecule has 4 rings (SSSR count). The molecule has 0 saturated heterocycles. The van der Waals surface area contributed by atoms with Crippen LogP contribution in [0.15, 0.2) is 59.4 Å². The summed E-state index contributed by atoms with van der Waals surface area (Å²) in [4.78, 5) is 23.9. The van der Waals surface area contributed by atoms with Crippen molar-refractivity contribution in [3.8, 4) is 28.4 Å². The van der Waals surface area contributed by atoms with Crippen molar-refractivity contribution in [3.05, 3.63) is 75.0 Å². The Morgan fingerprint density at radius 3 is 2.24 bits per heavy atom. The summed E-state index contributed by atoms with van der Waals surface area (Å²) in [5.74, 6) is 0. The number of pyridine rings is 1.